The number of ether oxygens (including phenoxy) is 2. The predicted octanol–water partition coefficient (Wildman–Crippen LogP) is 2.23. The Hall–Kier alpha value is -2.11. The minimum absolute atomic E-state index is 0.0555. The molecule has 1 unspecified atom stereocenters. The van der Waals surface area contributed by atoms with E-state index in [9.17, 15) is 14.9 Å². The maximum atomic E-state index is 11.6. The molecule has 6 heteroatoms. The Bertz CT molecular complexity index is 510. The van der Waals surface area contributed by atoms with Crippen LogP contribution in [-0.2, 0) is 9.53 Å². The van der Waals surface area contributed by atoms with Gasteiger partial charge in [-0.3, -0.25) is 10.1 Å². The van der Waals surface area contributed by atoms with Crippen molar-refractivity contribution in [1.29, 1.82) is 0 Å². The average Bonchev–Trinajstić information content (AvgIpc) is 3.21. The molecule has 0 bridgehead atoms. The third-order valence-corrected chi connectivity index (χ3v) is 3.12. The molecule has 0 radical (unpaired) electrons. The molecule has 19 heavy (non-hydrogen) atoms. The van der Waals surface area contributed by atoms with Crippen molar-refractivity contribution in [2.45, 2.75) is 25.9 Å². The molecule has 0 saturated heterocycles. The molecule has 102 valence electrons. The molecule has 0 aliphatic heterocycles. The van der Waals surface area contributed by atoms with Crippen molar-refractivity contribution in [3.05, 3.63) is 33.9 Å². The smallest absolute Gasteiger partial charge is 0.347 e. The van der Waals surface area contributed by atoms with E-state index >= 15 is 0 Å². The van der Waals surface area contributed by atoms with Crippen LogP contribution < -0.4 is 4.74 Å². The van der Waals surface area contributed by atoms with Crippen molar-refractivity contribution in [3.63, 3.8) is 0 Å². The van der Waals surface area contributed by atoms with E-state index in [-0.39, 0.29) is 11.6 Å². The first-order chi connectivity index (χ1) is 9.02. The fraction of sp³-hybridized carbons (Fsp3) is 0.462. The summed E-state index contributed by atoms with van der Waals surface area (Å²) in [5, 5.41) is 10.7. The molecule has 0 spiro atoms. The fourth-order valence-electron chi connectivity index (χ4n) is 1.82. The number of hydrogen-bond donors (Lipinski definition) is 0. The highest BCUT2D eigenvalue weighted by Crippen LogP contribution is 2.36. The SMILES string of the molecule is COC(=O)C(Oc1cc([N+](=O)[O-])ccc1C)C1CC1. The van der Waals surface area contributed by atoms with Gasteiger partial charge in [0.15, 0.2) is 6.10 Å². The number of hydrogen-bond acceptors (Lipinski definition) is 5. The van der Waals surface area contributed by atoms with Crippen LogP contribution in [0.15, 0.2) is 18.2 Å². The van der Waals surface area contributed by atoms with Gasteiger partial charge in [0, 0.05) is 12.0 Å². The van der Waals surface area contributed by atoms with Crippen LogP contribution in [0.3, 0.4) is 0 Å². The second-order valence-corrected chi connectivity index (χ2v) is 4.61. The lowest BCUT2D eigenvalue weighted by Crippen LogP contribution is -2.30. The summed E-state index contributed by atoms with van der Waals surface area (Å²) in [6.45, 7) is 1.78. The van der Waals surface area contributed by atoms with Crippen LogP contribution in [0.1, 0.15) is 18.4 Å². The topological polar surface area (TPSA) is 78.7 Å². The lowest BCUT2D eigenvalue weighted by molar-refractivity contribution is -0.385. The van der Waals surface area contributed by atoms with E-state index in [1.807, 2.05) is 0 Å². The zero-order chi connectivity index (χ0) is 14.0. The first-order valence-corrected chi connectivity index (χ1v) is 6.02. The van der Waals surface area contributed by atoms with E-state index < -0.39 is 17.0 Å². The van der Waals surface area contributed by atoms with Crippen LogP contribution in [0.5, 0.6) is 5.75 Å². The summed E-state index contributed by atoms with van der Waals surface area (Å²) in [4.78, 5) is 21.9. The molecule has 0 heterocycles. The number of nitro groups is 1. The molecule has 1 aromatic carbocycles. The van der Waals surface area contributed by atoms with E-state index in [0.29, 0.717) is 5.75 Å². The van der Waals surface area contributed by atoms with Crippen LogP contribution in [0.2, 0.25) is 0 Å². The normalized spacial score (nSPS) is 15.7. The zero-order valence-electron chi connectivity index (χ0n) is 10.8. The third-order valence-electron chi connectivity index (χ3n) is 3.12. The number of nitrogens with zero attached hydrogens (tertiary/aromatic N) is 1. The van der Waals surface area contributed by atoms with Crippen molar-refractivity contribution in [3.8, 4) is 5.75 Å². The van der Waals surface area contributed by atoms with Gasteiger partial charge in [-0.05, 0) is 31.4 Å². The van der Waals surface area contributed by atoms with Crippen molar-refractivity contribution in [1.82, 2.24) is 0 Å². The molecule has 6 nitrogen and oxygen atoms in total. The van der Waals surface area contributed by atoms with Gasteiger partial charge >= 0.3 is 5.97 Å². The molecule has 1 aromatic rings. The Balaban J connectivity index is 2.22. The van der Waals surface area contributed by atoms with Crippen LogP contribution in [0, 0.1) is 23.0 Å². The molecule has 1 atom stereocenters. The number of carbonyl (C=O) groups is 1. The van der Waals surface area contributed by atoms with Crippen molar-refractivity contribution in [2.75, 3.05) is 7.11 Å². The van der Waals surface area contributed by atoms with E-state index in [1.54, 1.807) is 13.0 Å². The van der Waals surface area contributed by atoms with E-state index in [0.717, 1.165) is 18.4 Å². The lowest BCUT2D eigenvalue weighted by Gasteiger charge is -2.17. The van der Waals surface area contributed by atoms with Crippen molar-refractivity contribution < 1.29 is 19.2 Å². The highest BCUT2D eigenvalue weighted by atomic mass is 16.6. The Morgan fingerprint density at radius 2 is 2.16 bits per heavy atom. The maximum Gasteiger partial charge on any atom is 0.347 e. The number of non-ortho nitro benzene ring substituents is 1. The average molecular weight is 265 g/mol. The molecule has 1 aliphatic carbocycles. The molecule has 0 amide bonds. The molecule has 1 fully saturated rings. The number of nitro benzene ring substituents is 1. The Labute approximate surface area is 110 Å². The van der Waals surface area contributed by atoms with Gasteiger partial charge in [-0.25, -0.2) is 4.79 Å². The summed E-state index contributed by atoms with van der Waals surface area (Å²) in [5.41, 5.74) is 0.695. The van der Waals surface area contributed by atoms with Crippen molar-refractivity contribution >= 4 is 11.7 Å². The van der Waals surface area contributed by atoms with Gasteiger partial charge in [-0.2, -0.15) is 0 Å². The van der Waals surface area contributed by atoms with Gasteiger partial charge in [0.05, 0.1) is 18.1 Å². The second kappa shape index (κ2) is 5.26. The van der Waals surface area contributed by atoms with Crippen LogP contribution in [0.4, 0.5) is 5.69 Å². The van der Waals surface area contributed by atoms with Crippen LogP contribution in [0.25, 0.3) is 0 Å². The number of rotatable bonds is 5. The summed E-state index contributed by atoms with van der Waals surface area (Å²) in [7, 11) is 1.31. The number of benzene rings is 1. The summed E-state index contributed by atoms with van der Waals surface area (Å²) in [6, 6.07) is 4.36. The van der Waals surface area contributed by atoms with Gasteiger partial charge < -0.3 is 9.47 Å². The van der Waals surface area contributed by atoms with Gasteiger partial charge in [0.1, 0.15) is 5.75 Å². The Kier molecular flexibility index (Phi) is 3.69. The van der Waals surface area contributed by atoms with E-state index in [4.69, 9.17) is 9.47 Å². The summed E-state index contributed by atoms with van der Waals surface area (Å²) in [5.74, 6) is 0.0658. The number of carbonyl (C=O) groups excluding carboxylic acids is 1. The third kappa shape index (κ3) is 3.01. The predicted molar refractivity (Wildman–Crippen MR) is 67.0 cm³/mol. The molecule has 0 aromatic heterocycles. The zero-order valence-corrected chi connectivity index (χ0v) is 10.8. The quantitative estimate of drug-likeness (QED) is 0.463. The molecule has 2 rings (SSSR count). The highest BCUT2D eigenvalue weighted by molar-refractivity contribution is 5.76. The van der Waals surface area contributed by atoms with Crippen LogP contribution >= 0.6 is 0 Å². The van der Waals surface area contributed by atoms with Crippen LogP contribution in [-0.4, -0.2) is 24.1 Å². The molecule has 1 aliphatic rings. The van der Waals surface area contributed by atoms with Gasteiger partial charge in [0.25, 0.3) is 5.69 Å². The minimum Gasteiger partial charge on any atom is -0.478 e. The molecule has 1 saturated carbocycles. The van der Waals surface area contributed by atoms with Gasteiger partial charge in [-0.15, -0.1) is 0 Å². The molecular formula is C13H15NO5. The number of aryl methyl sites for hydroxylation is 1. The van der Waals surface area contributed by atoms with Gasteiger partial charge in [-0.1, -0.05) is 0 Å². The summed E-state index contributed by atoms with van der Waals surface area (Å²) in [6.07, 6.45) is 1.15. The number of methoxy groups -OCH3 is 1. The fourth-order valence-corrected chi connectivity index (χ4v) is 1.82. The number of esters is 1. The Morgan fingerprint density at radius 1 is 1.47 bits per heavy atom. The van der Waals surface area contributed by atoms with Gasteiger partial charge in [0.2, 0.25) is 0 Å². The summed E-state index contributed by atoms with van der Waals surface area (Å²) < 4.78 is 10.3. The second-order valence-electron chi connectivity index (χ2n) is 4.61. The monoisotopic (exact) mass is 265 g/mol. The highest BCUT2D eigenvalue weighted by Gasteiger charge is 2.39. The van der Waals surface area contributed by atoms with E-state index in [1.165, 1.54) is 19.2 Å². The first-order valence-electron chi connectivity index (χ1n) is 6.02. The standard InChI is InChI=1S/C13H15NO5/c1-8-3-6-10(14(16)17)7-11(8)19-12(9-4-5-9)13(15)18-2/h3,6-7,9,12H,4-5H2,1-2H3. The molecular weight excluding hydrogens is 250 g/mol. The molecule has 0 N–H and O–H groups in total. The maximum absolute atomic E-state index is 11.6. The Morgan fingerprint density at radius 3 is 2.68 bits per heavy atom. The minimum atomic E-state index is -0.675. The van der Waals surface area contributed by atoms with Crippen molar-refractivity contribution in [2.24, 2.45) is 5.92 Å². The van der Waals surface area contributed by atoms with E-state index in [2.05, 4.69) is 0 Å². The first kappa shape index (κ1) is 13.3. The summed E-state index contributed by atoms with van der Waals surface area (Å²) >= 11 is 0. The largest absolute Gasteiger partial charge is 0.478 e. The lowest BCUT2D eigenvalue weighted by atomic mass is 10.2.